The maximum absolute atomic E-state index is 12.3. The first-order valence-electron chi connectivity index (χ1n) is 9.21. The van der Waals surface area contributed by atoms with E-state index in [0.29, 0.717) is 6.04 Å². The van der Waals surface area contributed by atoms with Crippen LogP contribution in [0.3, 0.4) is 0 Å². The molecule has 0 saturated carbocycles. The molecule has 0 bridgehead atoms. The standard InChI is InChI=1S/C19H29N3O2/c20-18(23)19(9-3-6-16-5-1-2-11-21-16)10-4-12-22(15-19)17-7-13-24-14-8-17/h1-2,5,11,17H,3-4,6-10,12-15H2,(H2,20,23)/t19-/m0/s1. The molecule has 1 amide bonds. The second-order valence-corrected chi connectivity index (χ2v) is 7.24. The molecule has 2 N–H and O–H groups in total. The molecule has 2 saturated heterocycles. The highest BCUT2D eigenvalue weighted by molar-refractivity contribution is 5.81. The summed E-state index contributed by atoms with van der Waals surface area (Å²) in [6, 6.07) is 6.54. The maximum Gasteiger partial charge on any atom is 0.224 e. The summed E-state index contributed by atoms with van der Waals surface area (Å²) in [5, 5.41) is 0. The fourth-order valence-corrected chi connectivity index (χ4v) is 4.21. The third-order valence-electron chi connectivity index (χ3n) is 5.65. The van der Waals surface area contributed by atoms with Gasteiger partial charge in [-0.15, -0.1) is 0 Å². The molecule has 0 aromatic carbocycles. The molecule has 0 radical (unpaired) electrons. The Morgan fingerprint density at radius 1 is 1.38 bits per heavy atom. The highest BCUT2D eigenvalue weighted by Gasteiger charge is 2.42. The van der Waals surface area contributed by atoms with E-state index in [9.17, 15) is 4.79 Å². The fraction of sp³-hybridized carbons (Fsp3) is 0.684. The monoisotopic (exact) mass is 331 g/mol. The third-order valence-corrected chi connectivity index (χ3v) is 5.65. The summed E-state index contributed by atoms with van der Waals surface area (Å²) in [7, 11) is 0. The minimum atomic E-state index is -0.370. The highest BCUT2D eigenvalue weighted by Crippen LogP contribution is 2.36. The lowest BCUT2D eigenvalue weighted by molar-refractivity contribution is -0.133. The Bertz CT molecular complexity index is 531. The van der Waals surface area contributed by atoms with Crippen molar-refractivity contribution in [2.75, 3.05) is 26.3 Å². The molecular weight excluding hydrogens is 302 g/mol. The number of hydrogen-bond donors (Lipinski definition) is 1. The van der Waals surface area contributed by atoms with Crippen molar-refractivity contribution in [1.82, 2.24) is 9.88 Å². The van der Waals surface area contributed by atoms with Crippen LogP contribution in [-0.4, -0.2) is 48.1 Å². The number of nitrogens with two attached hydrogens (primary N) is 1. The Kier molecular flexibility index (Phi) is 5.85. The zero-order valence-electron chi connectivity index (χ0n) is 14.5. The van der Waals surface area contributed by atoms with Crippen LogP contribution in [0.25, 0.3) is 0 Å². The number of likely N-dealkylation sites (tertiary alicyclic amines) is 1. The maximum atomic E-state index is 12.3. The normalized spacial score (nSPS) is 26.3. The second-order valence-electron chi connectivity index (χ2n) is 7.24. The number of hydrogen-bond acceptors (Lipinski definition) is 4. The SMILES string of the molecule is NC(=O)[C@@]1(CCCc2ccccn2)CCCN(C2CCOCC2)C1. The molecule has 1 atom stereocenters. The van der Waals surface area contributed by atoms with Crippen LogP contribution >= 0.6 is 0 Å². The molecular formula is C19H29N3O2. The third kappa shape index (κ3) is 4.14. The van der Waals surface area contributed by atoms with Crippen LogP contribution < -0.4 is 5.73 Å². The van der Waals surface area contributed by atoms with Gasteiger partial charge in [0.2, 0.25) is 5.91 Å². The van der Waals surface area contributed by atoms with E-state index in [4.69, 9.17) is 10.5 Å². The van der Waals surface area contributed by atoms with Crippen molar-refractivity contribution in [2.24, 2.45) is 11.1 Å². The van der Waals surface area contributed by atoms with Crippen LogP contribution in [0.1, 0.15) is 44.2 Å². The minimum absolute atomic E-state index is 0.125. The molecule has 2 aliphatic heterocycles. The first-order chi connectivity index (χ1) is 11.7. The van der Waals surface area contributed by atoms with Gasteiger partial charge in [-0.25, -0.2) is 0 Å². The molecule has 1 aromatic rings. The molecule has 2 fully saturated rings. The molecule has 3 rings (SSSR count). The van der Waals surface area contributed by atoms with Gasteiger partial charge in [-0.1, -0.05) is 6.07 Å². The number of rotatable bonds is 6. The average Bonchev–Trinajstić information content (AvgIpc) is 2.63. The van der Waals surface area contributed by atoms with Gasteiger partial charge < -0.3 is 10.5 Å². The molecule has 24 heavy (non-hydrogen) atoms. The topological polar surface area (TPSA) is 68.5 Å². The van der Waals surface area contributed by atoms with Gasteiger partial charge in [0.25, 0.3) is 0 Å². The van der Waals surface area contributed by atoms with Gasteiger partial charge in [-0.2, -0.15) is 0 Å². The van der Waals surface area contributed by atoms with Crippen molar-refractivity contribution in [1.29, 1.82) is 0 Å². The summed E-state index contributed by atoms with van der Waals surface area (Å²) in [5.74, 6) is -0.125. The summed E-state index contributed by atoms with van der Waals surface area (Å²) < 4.78 is 5.48. The van der Waals surface area contributed by atoms with Crippen molar-refractivity contribution in [3.8, 4) is 0 Å². The second kappa shape index (κ2) is 8.08. The van der Waals surface area contributed by atoms with E-state index in [2.05, 4.69) is 9.88 Å². The first-order valence-corrected chi connectivity index (χ1v) is 9.21. The van der Waals surface area contributed by atoms with Crippen LogP contribution in [0.4, 0.5) is 0 Å². The predicted octanol–water partition coefficient (Wildman–Crippen LogP) is 2.15. The molecule has 5 nitrogen and oxygen atoms in total. The summed E-state index contributed by atoms with van der Waals surface area (Å²) >= 11 is 0. The van der Waals surface area contributed by atoms with Gasteiger partial charge in [0, 0.05) is 37.7 Å². The molecule has 5 heteroatoms. The Morgan fingerprint density at radius 3 is 2.92 bits per heavy atom. The molecule has 132 valence electrons. The summed E-state index contributed by atoms with van der Waals surface area (Å²) in [4.78, 5) is 19.2. The van der Waals surface area contributed by atoms with Crippen molar-refractivity contribution >= 4 is 5.91 Å². The van der Waals surface area contributed by atoms with Crippen molar-refractivity contribution in [3.05, 3.63) is 30.1 Å². The Labute approximate surface area is 144 Å². The summed E-state index contributed by atoms with van der Waals surface area (Å²) in [6.07, 6.45) is 8.68. The van der Waals surface area contributed by atoms with Crippen molar-refractivity contribution < 1.29 is 9.53 Å². The number of primary amides is 1. The van der Waals surface area contributed by atoms with Crippen LogP contribution in [0.5, 0.6) is 0 Å². The Morgan fingerprint density at radius 2 is 2.21 bits per heavy atom. The van der Waals surface area contributed by atoms with Crippen molar-refractivity contribution in [2.45, 2.75) is 51.0 Å². The van der Waals surface area contributed by atoms with E-state index < -0.39 is 0 Å². The lowest BCUT2D eigenvalue weighted by Crippen LogP contribution is -2.54. The van der Waals surface area contributed by atoms with Crippen molar-refractivity contribution in [3.63, 3.8) is 0 Å². The van der Waals surface area contributed by atoms with E-state index in [1.807, 2.05) is 24.4 Å². The number of nitrogens with zero attached hydrogens (tertiary/aromatic N) is 2. The van der Waals surface area contributed by atoms with Gasteiger partial charge in [0.1, 0.15) is 0 Å². The van der Waals surface area contributed by atoms with Crippen LogP contribution in [-0.2, 0) is 16.0 Å². The van der Waals surface area contributed by atoms with Gasteiger partial charge >= 0.3 is 0 Å². The highest BCUT2D eigenvalue weighted by atomic mass is 16.5. The summed E-state index contributed by atoms with van der Waals surface area (Å²) in [6.45, 7) is 3.57. The van der Waals surface area contributed by atoms with Gasteiger partial charge in [0.15, 0.2) is 0 Å². The molecule has 2 aliphatic rings. The van der Waals surface area contributed by atoms with Gasteiger partial charge in [-0.3, -0.25) is 14.7 Å². The zero-order valence-corrected chi connectivity index (χ0v) is 14.5. The van der Waals surface area contributed by atoms with Crippen LogP contribution in [0.2, 0.25) is 0 Å². The number of carbonyl (C=O) groups excluding carboxylic acids is 1. The number of aryl methyl sites for hydroxylation is 1. The number of amides is 1. The molecule has 0 aliphatic carbocycles. The Hall–Kier alpha value is -1.46. The number of aromatic nitrogens is 1. The number of pyridine rings is 1. The van der Waals surface area contributed by atoms with Crippen LogP contribution in [0.15, 0.2) is 24.4 Å². The molecule has 1 aromatic heterocycles. The number of ether oxygens (including phenoxy) is 1. The average molecular weight is 331 g/mol. The smallest absolute Gasteiger partial charge is 0.224 e. The lowest BCUT2D eigenvalue weighted by Gasteiger charge is -2.45. The zero-order chi connectivity index (χ0) is 16.8. The quantitative estimate of drug-likeness (QED) is 0.867. The van der Waals surface area contributed by atoms with E-state index >= 15 is 0 Å². The molecule has 0 spiro atoms. The number of piperidine rings is 1. The van der Waals surface area contributed by atoms with Crippen LogP contribution in [0, 0.1) is 5.41 Å². The van der Waals surface area contributed by atoms with Gasteiger partial charge in [0.05, 0.1) is 5.41 Å². The van der Waals surface area contributed by atoms with Gasteiger partial charge in [-0.05, 0) is 63.6 Å². The Balaban J connectivity index is 1.60. The lowest BCUT2D eigenvalue weighted by atomic mass is 9.74. The first kappa shape index (κ1) is 17.4. The minimum Gasteiger partial charge on any atom is -0.381 e. The number of carbonyl (C=O) groups is 1. The summed E-state index contributed by atoms with van der Waals surface area (Å²) in [5.41, 5.74) is 6.59. The molecule has 0 unspecified atom stereocenters. The van der Waals surface area contributed by atoms with E-state index in [1.54, 1.807) is 0 Å². The van der Waals surface area contributed by atoms with E-state index in [-0.39, 0.29) is 11.3 Å². The predicted molar refractivity (Wildman–Crippen MR) is 93.5 cm³/mol. The molecule has 3 heterocycles. The fourth-order valence-electron chi connectivity index (χ4n) is 4.21. The van der Waals surface area contributed by atoms with E-state index in [1.165, 1.54) is 0 Å². The van der Waals surface area contributed by atoms with E-state index in [0.717, 1.165) is 76.9 Å². The largest absolute Gasteiger partial charge is 0.381 e.